The summed E-state index contributed by atoms with van der Waals surface area (Å²) in [6.45, 7) is 13.3. The second-order valence-electron chi connectivity index (χ2n) is 29.9. The molecule has 0 unspecified atom stereocenters. The maximum Gasteiger partial charge on any atom is 0.339 e. The molecular weight excluding hydrogens is 2000 g/mol. The van der Waals surface area contributed by atoms with Gasteiger partial charge in [0.1, 0.15) is 27.8 Å². The number of carbonyl (C=O) groups is 11. The van der Waals surface area contributed by atoms with E-state index in [4.69, 9.17) is 0 Å². The molecule has 133 heavy (non-hydrogen) atoms. The largest absolute Gasteiger partial charge is 0.478 e. The minimum Gasteiger partial charge on any atom is -0.478 e. The molecule has 0 saturated heterocycles. The van der Waals surface area contributed by atoms with E-state index >= 15 is 0 Å². The van der Waals surface area contributed by atoms with Crippen molar-refractivity contribution in [3.05, 3.63) is 371 Å². The number of aryl methyl sites for hydroxylation is 6. The molecule has 0 spiro atoms. The van der Waals surface area contributed by atoms with Gasteiger partial charge in [-0.3, -0.25) is 28.8 Å². The normalized spacial score (nSPS) is 10.6. The van der Waals surface area contributed by atoms with Gasteiger partial charge in [-0.1, -0.05) is 193 Å². The molecule has 6 aromatic heterocycles. The summed E-state index contributed by atoms with van der Waals surface area (Å²) in [5.41, 5.74) is 15.5. The van der Waals surface area contributed by atoms with Gasteiger partial charge in [-0.05, 0) is 218 Å². The Balaban J connectivity index is 0.000000150. The van der Waals surface area contributed by atoms with E-state index in [2.05, 4.69) is 86.6 Å². The molecule has 0 radical (unpaired) electrons. The number of thiophene rings is 6. The van der Waals surface area contributed by atoms with Gasteiger partial charge in [-0.25, -0.2) is 24.0 Å². The molecule has 10 aromatic carbocycles. The summed E-state index contributed by atoms with van der Waals surface area (Å²) in [6, 6.07) is 71.0. The zero-order valence-corrected chi connectivity index (χ0v) is 81.4. The standard InChI is InChI=1S/C21H18BrNO3S.C21H15NO3S2.C21H19NO3S.C20H15BrN2O4S.C19H14BrNO3S/c1-2-3-13-4-6-15(7-5-13)20(24)23-17-12-27-19(18(17)21(25)26)14-8-10-16(22)11-9-14;1-12-2-4-13(5-3-12)19-18(21(24)25)16(11-27-19)22-20(23)15-6-7-17-14(10-15)8-9-26-17;1-12-4-7-15(8-5-12)20(23)22-17-11-26-19(18(17)21(24)25)16-9-6-13(2)14(3)10-16;1-11(24)22-15-8-4-13(5-9-15)19(25)23-16-10-28-18(17(16)20(26)27)12-2-6-14(21)7-3-12;1-11-3-2-4-13(9-11)18(22)21-15-10-25-17(16(15)19(23)24)12-5-7-14(20)8-6-12/h4-12H,2-3H2,1H3,(H,23,24)(H,25,26);2-11H,1H3,(H,22,23)(H,24,25);4-11H,1-3H3,(H,22,23)(H,24,25);2-10H,1H3,(H,22,24)(H,23,25)(H,26,27);2-10H,1H3,(H,21,22)(H,23,24). The van der Waals surface area contributed by atoms with Crippen LogP contribution < -0.4 is 31.9 Å². The average molecular weight is 2080 g/mol. The molecule has 0 atom stereocenters. The van der Waals surface area contributed by atoms with Crippen molar-refractivity contribution in [3.63, 3.8) is 0 Å². The van der Waals surface area contributed by atoms with E-state index < -0.39 is 35.8 Å². The number of carbonyl (C=O) groups excluding carboxylic acids is 6. The number of halogens is 3. The third-order valence-electron chi connectivity index (χ3n) is 20.2. The highest BCUT2D eigenvalue weighted by Gasteiger charge is 2.28. The monoisotopic (exact) mass is 2070 g/mol. The summed E-state index contributed by atoms with van der Waals surface area (Å²) in [4.78, 5) is 136. The van der Waals surface area contributed by atoms with Crippen LogP contribution in [0.1, 0.15) is 157 Å². The Morgan fingerprint density at radius 1 is 0.301 bits per heavy atom. The summed E-state index contributed by atoms with van der Waals surface area (Å²) in [7, 11) is 0. The first-order chi connectivity index (χ1) is 63.7. The van der Waals surface area contributed by atoms with E-state index in [0.29, 0.717) is 80.6 Å². The molecule has 0 bridgehead atoms. The summed E-state index contributed by atoms with van der Waals surface area (Å²) >= 11 is 18.2. The summed E-state index contributed by atoms with van der Waals surface area (Å²) < 4.78 is 3.83. The lowest BCUT2D eigenvalue weighted by Gasteiger charge is -2.08. The van der Waals surface area contributed by atoms with Crippen LogP contribution in [0, 0.1) is 34.6 Å². The van der Waals surface area contributed by atoms with Crippen molar-refractivity contribution in [2.75, 3.05) is 31.9 Å². The molecule has 0 aliphatic heterocycles. The first-order valence-corrected chi connectivity index (χ1v) is 48.1. The predicted octanol–water partition coefficient (Wildman–Crippen LogP) is 27.8. The van der Waals surface area contributed by atoms with Gasteiger partial charge in [0.15, 0.2) is 0 Å². The maximum absolute atomic E-state index is 12.6. The molecule has 0 saturated carbocycles. The van der Waals surface area contributed by atoms with Gasteiger partial charge < -0.3 is 57.4 Å². The van der Waals surface area contributed by atoms with E-state index in [-0.39, 0.29) is 63.0 Å². The molecule has 6 amide bonds. The molecule has 672 valence electrons. The van der Waals surface area contributed by atoms with E-state index in [9.17, 15) is 78.3 Å². The second-order valence-corrected chi connectivity index (χ2v) is 38.0. The fraction of sp³-hybridized carbons (Fsp3) is 0.0882. The first-order valence-electron chi connectivity index (χ1n) is 40.5. The predicted molar refractivity (Wildman–Crippen MR) is 546 cm³/mol. The Kier molecular flexibility index (Phi) is 33.6. The molecule has 31 heteroatoms. The maximum atomic E-state index is 12.6. The number of hydrogen-bond donors (Lipinski definition) is 11. The molecule has 6 heterocycles. The molecule has 16 aromatic rings. The van der Waals surface area contributed by atoms with Gasteiger partial charge in [-0.2, -0.15) is 0 Å². The lowest BCUT2D eigenvalue weighted by Crippen LogP contribution is -2.14. The number of nitrogens with one attached hydrogen (secondary N) is 6. The molecule has 0 aliphatic carbocycles. The van der Waals surface area contributed by atoms with Gasteiger partial charge in [0, 0.05) is 85.4 Å². The van der Waals surface area contributed by atoms with Crippen molar-refractivity contribution in [1.82, 2.24) is 0 Å². The van der Waals surface area contributed by atoms with Crippen LogP contribution in [0.15, 0.2) is 282 Å². The number of amides is 6. The highest BCUT2D eigenvalue weighted by Crippen LogP contribution is 2.43. The molecule has 0 fully saturated rings. The minimum atomic E-state index is -1.12. The Bertz CT molecular complexity index is 7040. The minimum absolute atomic E-state index is 0.0514. The molecule has 0 aliphatic rings. The number of carboxylic acids is 5. The fourth-order valence-electron chi connectivity index (χ4n) is 13.4. The number of hydrogen-bond acceptors (Lipinski definition) is 17. The Hall–Kier alpha value is -13.7. The highest BCUT2D eigenvalue weighted by atomic mass is 79.9. The zero-order chi connectivity index (χ0) is 95.4. The number of fused-ring (bicyclic) bond motifs is 1. The van der Waals surface area contributed by atoms with Crippen LogP contribution in [-0.4, -0.2) is 90.8 Å². The number of rotatable bonds is 23. The van der Waals surface area contributed by atoms with E-state index in [1.165, 1.54) is 69.2 Å². The third kappa shape index (κ3) is 25.5. The SMILES string of the molecule is CC(=O)Nc1ccc(C(=O)Nc2csc(-c3ccc(Br)cc3)c2C(=O)O)cc1.CCCc1ccc(C(=O)Nc2csc(-c3ccc(Br)cc3)c2C(=O)O)cc1.Cc1ccc(-c2scc(NC(=O)c3ccc4sccc4c3)c2C(=O)O)cc1.Cc1ccc(C(=O)Nc2csc(-c3ccc(C)c(C)c3)c2C(=O)O)cc1.Cc1cccc(C(=O)Nc2csc(-c3ccc(Br)cc3)c2C(=O)O)c1. The van der Waals surface area contributed by atoms with Gasteiger partial charge in [0.05, 0.1) is 52.8 Å². The van der Waals surface area contributed by atoms with Crippen LogP contribution >= 0.6 is 116 Å². The van der Waals surface area contributed by atoms with Crippen molar-refractivity contribution in [1.29, 1.82) is 0 Å². The number of aromatic carboxylic acids is 5. The Morgan fingerprint density at radius 2 is 0.617 bits per heavy atom. The smallest absolute Gasteiger partial charge is 0.339 e. The average Bonchev–Trinajstić information content (AvgIpc) is 1.59. The quantitative estimate of drug-likeness (QED) is 0.0283. The van der Waals surface area contributed by atoms with Crippen molar-refractivity contribution < 1.29 is 78.3 Å². The second kappa shape index (κ2) is 45.4. The van der Waals surface area contributed by atoms with Crippen molar-refractivity contribution in [3.8, 4) is 52.2 Å². The number of anilines is 6. The molecule has 11 N–H and O–H groups in total. The van der Waals surface area contributed by atoms with Crippen LogP contribution in [0.2, 0.25) is 0 Å². The number of benzene rings is 10. The van der Waals surface area contributed by atoms with Crippen LogP contribution in [0.25, 0.3) is 62.3 Å². The van der Waals surface area contributed by atoms with Crippen molar-refractivity contribution in [2.24, 2.45) is 0 Å². The van der Waals surface area contributed by atoms with Crippen molar-refractivity contribution >= 4 is 225 Å². The number of carboxylic acid groups (broad SMARTS) is 5. The Labute approximate surface area is 813 Å². The summed E-state index contributed by atoms with van der Waals surface area (Å²) in [5.74, 6) is -7.30. The van der Waals surface area contributed by atoms with Crippen molar-refractivity contribution in [2.45, 2.75) is 61.3 Å². The van der Waals surface area contributed by atoms with Gasteiger partial charge in [-0.15, -0.1) is 68.0 Å². The van der Waals surface area contributed by atoms with Gasteiger partial charge in [0.2, 0.25) is 5.91 Å². The highest BCUT2D eigenvalue weighted by molar-refractivity contribution is 9.11. The summed E-state index contributed by atoms with van der Waals surface area (Å²) in [6.07, 6.45) is 2.01. The topological polar surface area (TPSA) is 361 Å². The Morgan fingerprint density at radius 3 is 0.962 bits per heavy atom. The third-order valence-corrected chi connectivity index (χ3v) is 27.8. The van der Waals surface area contributed by atoms with E-state index in [1.54, 1.807) is 111 Å². The summed E-state index contributed by atoms with van der Waals surface area (Å²) in [5, 5.41) is 75.9. The van der Waals surface area contributed by atoms with Crippen LogP contribution in [0.4, 0.5) is 34.1 Å². The fourth-order valence-corrected chi connectivity index (χ4v) is 19.9. The lowest BCUT2D eigenvalue weighted by molar-refractivity contribution is -0.114. The molecular formula is C102H81Br3N6O16S6. The van der Waals surface area contributed by atoms with Crippen LogP contribution in [-0.2, 0) is 11.2 Å². The lowest BCUT2D eigenvalue weighted by atomic mass is 10.0. The van der Waals surface area contributed by atoms with Crippen LogP contribution in [0.3, 0.4) is 0 Å². The van der Waals surface area contributed by atoms with E-state index in [0.717, 1.165) is 92.0 Å². The van der Waals surface area contributed by atoms with E-state index in [1.807, 2.05) is 204 Å². The molecule has 22 nitrogen and oxygen atoms in total. The zero-order valence-electron chi connectivity index (χ0n) is 71.7. The van der Waals surface area contributed by atoms with Crippen LogP contribution in [0.5, 0.6) is 0 Å². The molecule has 16 rings (SSSR count). The first kappa shape index (κ1) is 98.3. The van der Waals surface area contributed by atoms with Gasteiger partial charge in [0.25, 0.3) is 29.5 Å². The van der Waals surface area contributed by atoms with Gasteiger partial charge >= 0.3 is 29.8 Å².